The third-order valence-electron chi connectivity index (χ3n) is 4.11. The number of hydrogen-bond acceptors (Lipinski definition) is 4. The predicted molar refractivity (Wildman–Crippen MR) is 82.9 cm³/mol. The number of likely N-dealkylation sites (N-methyl/N-ethyl adjacent to an activating group) is 1. The van der Waals surface area contributed by atoms with Crippen LogP contribution in [0.5, 0.6) is 0 Å². The normalized spacial score (nSPS) is 14.2. The zero-order valence-corrected chi connectivity index (χ0v) is 14.4. The van der Waals surface area contributed by atoms with Crippen LogP contribution >= 0.6 is 15.9 Å². The molecular formula is C13H26BrN5. The first-order chi connectivity index (χ1) is 8.75. The fourth-order valence-corrected chi connectivity index (χ4v) is 2.84. The molecule has 19 heavy (non-hydrogen) atoms. The van der Waals surface area contributed by atoms with Gasteiger partial charge in [0, 0.05) is 25.0 Å². The van der Waals surface area contributed by atoms with Gasteiger partial charge in [0.05, 0.1) is 15.9 Å². The van der Waals surface area contributed by atoms with E-state index in [2.05, 4.69) is 66.2 Å². The van der Waals surface area contributed by atoms with Gasteiger partial charge in [0.2, 0.25) is 0 Å². The van der Waals surface area contributed by atoms with Gasteiger partial charge in [-0.05, 0) is 50.3 Å². The second kappa shape index (κ2) is 6.35. The van der Waals surface area contributed by atoms with Gasteiger partial charge in [0.25, 0.3) is 0 Å². The zero-order valence-electron chi connectivity index (χ0n) is 12.8. The topological polar surface area (TPSA) is 59.1 Å². The summed E-state index contributed by atoms with van der Waals surface area (Å²) < 4.78 is 3.05. The molecule has 0 bridgehead atoms. The molecule has 1 aromatic heterocycles. The largest absolute Gasteiger partial charge is 0.303 e. The lowest BCUT2D eigenvalue weighted by Crippen LogP contribution is -2.58. The van der Waals surface area contributed by atoms with Gasteiger partial charge >= 0.3 is 0 Å². The van der Waals surface area contributed by atoms with Crippen molar-refractivity contribution in [2.75, 3.05) is 14.1 Å². The minimum Gasteiger partial charge on any atom is -0.303 e. The lowest BCUT2D eigenvalue weighted by Gasteiger charge is -2.39. The Kier molecular flexibility index (Phi) is 5.55. The second-order valence-corrected chi connectivity index (χ2v) is 6.45. The number of hydrogen-bond donors (Lipinski definition) is 2. The van der Waals surface area contributed by atoms with Crippen LogP contribution < -0.4 is 11.3 Å². The van der Waals surface area contributed by atoms with Crippen molar-refractivity contribution < 1.29 is 0 Å². The molecule has 1 aromatic rings. The van der Waals surface area contributed by atoms with Gasteiger partial charge in [-0.2, -0.15) is 5.10 Å². The first kappa shape index (κ1) is 16.6. The number of aromatic nitrogens is 2. The smallest absolute Gasteiger partial charge is 0.0766 e. The molecule has 0 aromatic carbocycles. The van der Waals surface area contributed by atoms with Crippen LogP contribution in [-0.2, 0) is 19.9 Å². The van der Waals surface area contributed by atoms with E-state index in [1.165, 1.54) is 5.69 Å². The summed E-state index contributed by atoms with van der Waals surface area (Å²) in [7, 11) is 6.12. The molecule has 0 amide bonds. The Labute approximate surface area is 124 Å². The van der Waals surface area contributed by atoms with Crippen molar-refractivity contribution in [1.29, 1.82) is 0 Å². The van der Waals surface area contributed by atoms with Crippen molar-refractivity contribution in [2.45, 2.75) is 45.2 Å². The van der Waals surface area contributed by atoms with Gasteiger partial charge < -0.3 is 4.90 Å². The summed E-state index contributed by atoms with van der Waals surface area (Å²) in [5.74, 6) is 5.76. The average molecular weight is 332 g/mol. The summed E-state index contributed by atoms with van der Waals surface area (Å²) in [6.45, 7) is 6.48. The van der Waals surface area contributed by atoms with Crippen LogP contribution in [0.25, 0.3) is 0 Å². The minimum atomic E-state index is -0.0508. The van der Waals surface area contributed by atoms with Crippen molar-refractivity contribution >= 4 is 15.9 Å². The molecule has 1 heterocycles. The van der Waals surface area contributed by atoms with Crippen molar-refractivity contribution in [3.8, 4) is 0 Å². The molecule has 110 valence electrons. The fraction of sp³-hybridized carbons (Fsp3) is 0.769. The zero-order chi connectivity index (χ0) is 14.8. The Bertz CT molecular complexity index is 425. The molecule has 0 aliphatic rings. The van der Waals surface area contributed by atoms with E-state index in [4.69, 9.17) is 5.84 Å². The number of aryl methyl sites for hydroxylation is 2. The van der Waals surface area contributed by atoms with E-state index in [1.54, 1.807) is 0 Å². The summed E-state index contributed by atoms with van der Waals surface area (Å²) in [4.78, 5) is 2.18. The molecule has 0 radical (unpaired) electrons. The van der Waals surface area contributed by atoms with Crippen molar-refractivity contribution in [1.82, 2.24) is 20.1 Å². The van der Waals surface area contributed by atoms with Crippen molar-refractivity contribution in [3.05, 3.63) is 15.9 Å². The van der Waals surface area contributed by atoms with E-state index < -0.39 is 0 Å². The van der Waals surface area contributed by atoms with Crippen molar-refractivity contribution in [2.24, 2.45) is 12.9 Å². The van der Waals surface area contributed by atoms with Gasteiger partial charge in [0.15, 0.2) is 0 Å². The Hall–Kier alpha value is -0.430. The van der Waals surface area contributed by atoms with E-state index in [-0.39, 0.29) is 11.6 Å². The third-order valence-corrected chi connectivity index (χ3v) is 5.02. The Morgan fingerprint density at radius 3 is 2.42 bits per heavy atom. The quantitative estimate of drug-likeness (QED) is 0.612. The number of rotatable bonds is 6. The molecule has 0 aliphatic carbocycles. The Balaban J connectivity index is 3.03. The van der Waals surface area contributed by atoms with E-state index in [1.807, 2.05) is 11.7 Å². The van der Waals surface area contributed by atoms with Crippen LogP contribution in [0.2, 0.25) is 0 Å². The van der Waals surface area contributed by atoms with Gasteiger partial charge in [-0.3, -0.25) is 16.0 Å². The van der Waals surface area contributed by atoms with Crippen LogP contribution in [0.3, 0.4) is 0 Å². The lowest BCUT2D eigenvalue weighted by molar-refractivity contribution is 0.136. The predicted octanol–water partition coefficient (Wildman–Crippen LogP) is 1.46. The van der Waals surface area contributed by atoms with Crippen LogP contribution in [0, 0.1) is 0 Å². The maximum Gasteiger partial charge on any atom is 0.0766 e. The number of nitrogens with two attached hydrogens (primary N) is 1. The van der Waals surface area contributed by atoms with Crippen LogP contribution in [0.1, 0.15) is 32.2 Å². The van der Waals surface area contributed by atoms with E-state index in [0.717, 1.165) is 23.0 Å². The molecule has 1 rings (SSSR count). The average Bonchev–Trinajstić information content (AvgIpc) is 2.61. The molecule has 0 fully saturated rings. The van der Waals surface area contributed by atoms with Crippen molar-refractivity contribution in [3.63, 3.8) is 0 Å². The number of halogens is 1. The minimum absolute atomic E-state index is 0.0508. The first-order valence-corrected chi connectivity index (χ1v) is 7.38. The van der Waals surface area contributed by atoms with Gasteiger partial charge in [-0.25, -0.2) is 0 Å². The van der Waals surface area contributed by atoms with Crippen LogP contribution in [0.4, 0.5) is 0 Å². The SMILES string of the molecule is CCc1nn(C)c(CC(NN)C(C)(C)N(C)C)c1Br. The summed E-state index contributed by atoms with van der Waals surface area (Å²) in [5, 5.41) is 4.53. The summed E-state index contributed by atoms with van der Waals surface area (Å²) >= 11 is 3.66. The molecule has 5 nitrogen and oxygen atoms in total. The summed E-state index contributed by atoms with van der Waals surface area (Å²) in [6, 6.07) is 0.138. The molecular weight excluding hydrogens is 306 g/mol. The molecule has 1 unspecified atom stereocenters. The standard InChI is InChI=1S/C13H26BrN5/c1-7-9-12(14)10(19(6)17-9)8-11(16-15)13(2,3)18(4)5/h11,16H,7-8,15H2,1-6H3. The summed E-state index contributed by atoms with van der Waals surface area (Å²) in [5.41, 5.74) is 5.17. The maximum atomic E-state index is 5.76. The molecule has 0 saturated heterocycles. The molecule has 0 spiro atoms. The van der Waals surface area contributed by atoms with Crippen LogP contribution in [-0.4, -0.2) is 40.4 Å². The van der Waals surface area contributed by atoms with E-state index in [0.29, 0.717) is 0 Å². The van der Waals surface area contributed by atoms with Crippen LogP contribution in [0.15, 0.2) is 4.47 Å². The fourth-order valence-electron chi connectivity index (χ4n) is 2.06. The Morgan fingerprint density at radius 1 is 1.47 bits per heavy atom. The highest BCUT2D eigenvalue weighted by Gasteiger charge is 2.32. The summed E-state index contributed by atoms with van der Waals surface area (Å²) in [6.07, 6.45) is 1.75. The molecule has 1 atom stereocenters. The number of nitrogens with zero attached hydrogens (tertiary/aromatic N) is 3. The lowest BCUT2D eigenvalue weighted by atomic mass is 9.90. The number of nitrogens with one attached hydrogen (secondary N) is 1. The highest BCUT2D eigenvalue weighted by Crippen LogP contribution is 2.26. The highest BCUT2D eigenvalue weighted by atomic mass is 79.9. The molecule has 0 aliphatic heterocycles. The number of hydrazine groups is 1. The second-order valence-electron chi connectivity index (χ2n) is 5.66. The Morgan fingerprint density at radius 2 is 2.05 bits per heavy atom. The molecule has 6 heteroatoms. The van der Waals surface area contributed by atoms with E-state index >= 15 is 0 Å². The first-order valence-electron chi connectivity index (χ1n) is 6.59. The van der Waals surface area contributed by atoms with Gasteiger partial charge in [-0.15, -0.1) is 0 Å². The van der Waals surface area contributed by atoms with Gasteiger partial charge in [-0.1, -0.05) is 6.92 Å². The molecule has 0 saturated carbocycles. The monoisotopic (exact) mass is 331 g/mol. The van der Waals surface area contributed by atoms with Gasteiger partial charge in [0.1, 0.15) is 0 Å². The molecule has 3 N–H and O–H groups in total. The highest BCUT2D eigenvalue weighted by molar-refractivity contribution is 9.10. The van der Waals surface area contributed by atoms with E-state index in [9.17, 15) is 0 Å². The maximum absolute atomic E-state index is 5.76. The third kappa shape index (κ3) is 3.37.